The predicted octanol–water partition coefficient (Wildman–Crippen LogP) is 5.86. The molecular formula is C30H35ClN2O2. The van der Waals surface area contributed by atoms with Gasteiger partial charge in [0, 0.05) is 32.7 Å². The van der Waals surface area contributed by atoms with Gasteiger partial charge in [0.1, 0.15) is 0 Å². The van der Waals surface area contributed by atoms with Crippen LogP contribution in [0.3, 0.4) is 0 Å². The minimum atomic E-state index is 0. The third-order valence-electron chi connectivity index (χ3n) is 7.15. The maximum Gasteiger partial charge on any atom is 0.161 e. The van der Waals surface area contributed by atoms with Crippen LogP contribution in [-0.4, -0.2) is 56.7 Å². The first-order chi connectivity index (χ1) is 16.7. The van der Waals surface area contributed by atoms with Crippen molar-refractivity contribution in [2.45, 2.75) is 18.9 Å². The molecule has 0 N–H and O–H groups in total. The van der Waals surface area contributed by atoms with E-state index in [-0.39, 0.29) is 12.4 Å². The number of piperazine rings is 1. The third kappa shape index (κ3) is 5.72. The molecule has 1 saturated heterocycles. The van der Waals surface area contributed by atoms with Gasteiger partial charge in [-0.2, -0.15) is 0 Å². The summed E-state index contributed by atoms with van der Waals surface area (Å²) in [4.78, 5) is 5.25. The first-order valence-electron chi connectivity index (χ1n) is 12.3. The lowest BCUT2D eigenvalue weighted by atomic mass is 9.91. The van der Waals surface area contributed by atoms with Gasteiger partial charge >= 0.3 is 0 Å². The van der Waals surface area contributed by atoms with E-state index < -0.39 is 0 Å². The fraction of sp³-hybridized carbons (Fsp3) is 0.333. The summed E-state index contributed by atoms with van der Waals surface area (Å²) in [7, 11) is 3.41. The molecule has 1 heterocycles. The molecule has 0 atom stereocenters. The zero-order chi connectivity index (χ0) is 23.3. The normalized spacial score (nSPS) is 16.3. The quantitative estimate of drug-likeness (QED) is 0.414. The van der Waals surface area contributed by atoms with Gasteiger partial charge in [-0.25, -0.2) is 0 Å². The number of ether oxygens (including phenoxy) is 2. The Morgan fingerprint density at radius 1 is 0.743 bits per heavy atom. The minimum absolute atomic E-state index is 0. The maximum atomic E-state index is 5.52. The Balaban J connectivity index is 0.00000289. The fourth-order valence-corrected chi connectivity index (χ4v) is 5.35. The van der Waals surface area contributed by atoms with E-state index in [0.717, 1.165) is 57.1 Å². The molecule has 5 rings (SSSR count). The Kier molecular flexibility index (Phi) is 8.50. The highest BCUT2D eigenvalue weighted by molar-refractivity contribution is 5.85. The van der Waals surface area contributed by atoms with Gasteiger partial charge in [0.05, 0.1) is 20.3 Å². The molecule has 4 nitrogen and oxygen atoms in total. The molecule has 5 heteroatoms. The van der Waals surface area contributed by atoms with Crippen molar-refractivity contribution < 1.29 is 9.47 Å². The van der Waals surface area contributed by atoms with Crippen LogP contribution in [0.1, 0.15) is 34.7 Å². The van der Waals surface area contributed by atoms with E-state index in [0.29, 0.717) is 6.04 Å². The largest absolute Gasteiger partial charge is 0.493 e. The average Bonchev–Trinajstić information content (AvgIpc) is 2.90. The molecule has 0 saturated carbocycles. The molecule has 0 radical (unpaired) electrons. The number of aryl methyl sites for hydroxylation is 1. The van der Waals surface area contributed by atoms with E-state index in [9.17, 15) is 0 Å². The van der Waals surface area contributed by atoms with Crippen molar-refractivity contribution in [3.05, 3.63) is 101 Å². The van der Waals surface area contributed by atoms with E-state index in [1.165, 1.54) is 27.8 Å². The summed E-state index contributed by atoms with van der Waals surface area (Å²) >= 11 is 0. The van der Waals surface area contributed by atoms with Gasteiger partial charge in [-0.05, 0) is 47.2 Å². The Hall–Kier alpha value is -2.79. The Morgan fingerprint density at radius 3 is 1.89 bits per heavy atom. The number of nitrogens with zero attached hydrogens (tertiary/aromatic N) is 2. The minimum Gasteiger partial charge on any atom is -0.493 e. The second-order valence-electron chi connectivity index (χ2n) is 9.24. The molecule has 0 bridgehead atoms. The molecule has 2 aliphatic rings. The van der Waals surface area contributed by atoms with Crippen LogP contribution in [-0.2, 0) is 6.42 Å². The lowest BCUT2D eigenvalue weighted by Crippen LogP contribution is -2.48. The highest BCUT2D eigenvalue weighted by atomic mass is 35.5. The highest BCUT2D eigenvalue weighted by Crippen LogP contribution is 2.35. The molecule has 1 aliphatic heterocycles. The van der Waals surface area contributed by atoms with E-state index in [1.807, 2.05) is 0 Å². The van der Waals surface area contributed by atoms with Crippen LogP contribution in [0.4, 0.5) is 0 Å². The van der Waals surface area contributed by atoms with Gasteiger partial charge in [-0.15, -0.1) is 12.4 Å². The number of methoxy groups -OCH3 is 2. The number of benzene rings is 3. The second kappa shape index (κ2) is 11.8. The van der Waals surface area contributed by atoms with Crippen molar-refractivity contribution in [2.24, 2.45) is 0 Å². The van der Waals surface area contributed by atoms with Crippen molar-refractivity contribution >= 4 is 18.5 Å². The Morgan fingerprint density at radius 2 is 1.31 bits per heavy atom. The number of halogens is 1. The summed E-state index contributed by atoms with van der Waals surface area (Å²) in [6.07, 6.45) is 4.54. The summed E-state index contributed by atoms with van der Waals surface area (Å²) in [6, 6.07) is 26.4. The van der Waals surface area contributed by atoms with Crippen LogP contribution in [0.5, 0.6) is 11.5 Å². The summed E-state index contributed by atoms with van der Waals surface area (Å²) in [5.74, 6) is 1.63. The topological polar surface area (TPSA) is 24.9 Å². The molecule has 35 heavy (non-hydrogen) atoms. The lowest BCUT2D eigenvalue weighted by molar-refractivity contribution is 0.115. The van der Waals surface area contributed by atoms with E-state index in [1.54, 1.807) is 14.2 Å². The second-order valence-corrected chi connectivity index (χ2v) is 9.24. The van der Waals surface area contributed by atoms with Gasteiger partial charge in [-0.1, -0.05) is 72.3 Å². The first kappa shape index (κ1) is 25.3. The van der Waals surface area contributed by atoms with E-state index in [4.69, 9.17) is 9.47 Å². The maximum absolute atomic E-state index is 5.52. The van der Waals surface area contributed by atoms with Crippen molar-refractivity contribution in [3.8, 4) is 11.5 Å². The van der Waals surface area contributed by atoms with Gasteiger partial charge in [-0.3, -0.25) is 9.80 Å². The van der Waals surface area contributed by atoms with Crippen LogP contribution in [0.25, 0.3) is 6.08 Å². The zero-order valence-electron chi connectivity index (χ0n) is 20.7. The van der Waals surface area contributed by atoms with Gasteiger partial charge in [0.2, 0.25) is 0 Å². The zero-order valence-corrected chi connectivity index (χ0v) is 21.5. The van der Waals surface area contributed by atoms with E-state index >= 15 is 0 Å². The summed E-state index contributed by atoms with van der Waals surface area (Å²) in [6.45, 7) is 5.37. The molecule has 3 aromatic carbocycles. The molecule has 0 unspecified atom stereocenters. The Bertz CT molecular complexity index is 1090. The molecule has 184 valence electrons. The van der Waals surface area contributed by atoms with Crippen LogP contribution < -0.4 is 9.47 Å². The summed E-state index contributed by atoms with van der Waals surface area (Å²) in [5.41, 5.74) is 6.87. The number of hydrogen-bond donors (Lipinski definition) is 0. The van der Waals surface area contributed by atoms with Crippen molar-refractivity contribution in [1.29, 1.82) is 0 Å². The molecule has 3 aromatic rings. The molecule has 0 amide bonds. The van der Waals surface area contributed by atoms with Crippen molar-refractivity contribution in [3.63, 3.8) is 0 Å². The van der Waals surface area contributed by atoms with Crippen LogP contribution in [0, 0.1) is 0 Å². The van der Waals surface area contributed by atoms with Gasteiger partial charge in [0.15, 0.2) is 11.5 Å². The number of rotatable bonds is 7. The van der Waals surface area contributed by atoms with Crippen molar-refractivity contribution in [1.82, 2.24) is 9.80 Å². The molecular weight excluding hydrogens is 456 g/mol. The summed E-state index contributed by atoms with van der Waals surface area (Å²) < 4.78 is 11.0. The van der Waals surface area contributed by atoms with E-state index in [2.05, 4.69) is 88.7 Å². The first-order valence-corrected chi connectivity index (χ1v) is 12.3. The van der Waals surface area contributed by atoms with Crippen LogP contribution in [0.2, 0.25) is 0 Å². The number of hydrogen-bond acceptors (Lipinski definition) is 4. The van der Waals surface area contributed by atoms with Crippen LogP contribution >= 0.6 is 12.4 Å². The monoisotopic (exact) mass is 490 g/mol. The Labute approximate surface area is 215 Å². The molecule has 1 fully saturated rings. The third-order valence-corrected chi connectivity index (χ3v) is 7.15. The molecule has 1 aliphatic carbocycles. The standard InChI is InChI=1S/C30H34N2O2.ClH/c1-33-28-20-26-14-13-23(19-27(26)21-29(28)34-2)22-31-15-17-32(18-16-31)30(24-9-5-3-6-10-24)25-11-7-4-8-12-25;/h3-12,19-21,30H,13-18,22H2,1-2H3;1H. The predicted molar refractivity (Wildman–Crippen MR) is 146 cm³/mol. The molecule has 0 spiro atoms. The van der Waals surface area contributed by atoms with Gasteiger partial charge < -0.3 is 9.47 Å². The highest BCUT2D eigenvalue weighted by Gasteiger charge is 2.27. The average molecular weight is 491 g/mol. The summed E-state index contributed by atoms with van der Waals surface area (Å²) in [5, 5.41) is 0. The van der Waals surface area contributed by atoms with Crippen molar-refractivity contribution in [2.75, 3.05) is 46.9 Å². The fourth-order valence-electron chi connectivity index (χ4n) is 5.35. The SMILES string of the molecule is COc1cc2c(cc1OC)CCC(CN1CCN(C(c3ccccc3)c3ccccc3)CC1)=C2.Cl. The molecule has 0 aromatic heterocycles. The number of fused-ring (bicyclic) bond motifs is 1. The smallest absolute Gasteiger partial charge is 0.161 e. The van der Waals surface area contributed by atoms with Gasteiger partial charge in [0.25, 0.3) is 0 Å². The lowest BCUT2D eigenvalue weighted by Gasteiger charge is -2.40. The van der Waals surface area contributed by atoms with Crippen LogP contribution in [0.15, 0.2) is 78.4 Å².